The number of amidine groups is 1. The van der Waals surface area contributed by atoms with E-state index in [2.05, 4.69) is 26.4 Å². The minimum absolute atomic E-state index is 0.00544. The first kappa shape index (κ1) is 15.8. The summed E-state index contributed by atoms with van der Waals surface area (Å²) in [5.74, 6) is -0.195. The number of nitrogens with zero attached hydrogens (tertiary/aromatic N) is 1. The van der Waals surface area contributed by atoms with Crippen LogP contribution in [0.4, 0.5) is 5.69 Å². The molecule has 1 aromatic rings. The standard InChI is InChI=1S/C15H20BrN3O2/c1-10-5-6-11(9-12(10)16)18-14(20)15(13(17)19-21)7-3-2-4-8-15/h5-6,9,21H,2-4,7-8H2,1H3,(H2,17,19)(H,18,20). The summed E-state index contributed by atoms with van der Waals surface area (Å²) >= 11 is 3.45. The summed E-state index contributed by atoms with van der Waals surface area (Å²) < 4.78 is 0.932. The van der Waals surface area contributed by atoms with Gasteiger partial charge in [-0.2, -0.15) is 0 Å². The summed E-state index contributed by atoms with van der Waals surface area (Å²) in [7, 11) is 0. The van der Waals surface area contributed by atoms with E-state index in [1.54, 1.807) is 0 Å². The van der Waals surface area contributed by atoms with Crippen molar-refractivity contribution in [3.8, 4) is 0 Å². The number of aryl methyl sites for hydroxylation is 1. The van der Waals surface area contributed by atoms with Crippen LogP contribution < -0.4 is 11.1 Å². The summed E-state index contributed by atoms with van der Waals surface area (Å²) in [6, 6.07) is 5.63. The van der Waals surface area contributed by atoms with Crippen LogP contribution in [0, 0.1) is 12.3 Å². The Hall–Kier alpha value is -1.56. The largest absolute Gasteiger partial charge is 0.409 e. The van der Waals surface area contributed by atoms with E-state index in [1.165, 1.54) is 0 Å². The Morgan fingerprint density at radius 1 is 1.38 bits per heavy atom. The molecular formula is C15H20BrN3O2. The third-order valence-corrected chi connectivity index (χ3v) is 5.02. The first-order chi connectivity index (χ1) is 9.99. The van der Waals surface area contributed by atoms with E-state index in [0.717, 1.165) is 29.3 Å². The molecule has 4 N–H and O–H groups in total. The lowest BCUT2D eigenvalue weighted by Crippen LogP contribution is -2.48. The van der Waals surface area contributed by atoms with Crippen LogP contribution in [-0.2, 0) is 4.79 Å². The summed E-state index contributed by atoms with van der Waals surface area (Å²) in [6.07, 6.45) is 4.11. The molecule has 1 saturated carbocycles. The Kier molecular flexibility index (Phi) is 4.88. The second-order valence-corrected chi connectivity index (χ2v) is 6.40. The summed E-state index contributed by atoms with van der Waals surface area (Å²) in [6.45, 7) is 1.98. The summed E-state index contributed by atoms with van der Waals surface area (Å²) in [4.78, 5) is 12.7. The SMILES string of the molecule is Cc1ccc(NC(=O)C2(C(N)=NO)CCCCC2)cc1Br. The number of nitrogens with one attached hydrogen (secondary N) is 1. The van der Waals surface area contributed by atoms with Crippen molar-refractivity contribution in [1.82, 2.24) is 0 Å². The molecule has 0 saturated heterocycles. The molecule has 0 aliphatic heterocycles. The molecule has 0 spiro atoms. The molecule has 0 bridgehead atoms. The minimum atomic E-state index is -0.898. The number of benzene rings is 1. The predicted octanol–water partition coefficient (Wildman–Crippen LogP) is 3.39. The topological polar surface area (TPSA) is 87.7 Å². The van der Waals surface area contributed by atoms with E-state index in [9.17, 15) is 4.79 Å². The zero-order valence-electron chi connectivity index (χ0n) is 12.0. The molecule has 1 aliphatic rings. The third kappa shape index (κ3) is 3.20. The van der Waals surface area contributed by atoms with Gasteiger partial charge in [0.1, 0.15) is 5.41 Å². The average Bonchev–Trinajstić information content (AvgIpc) is 2.50. The van der Waals surface area contributed by atoms with Gasteiger partial charge in [0.25, 0.3) is 0 Å². The van der Waals surface area contributed by atoms with Gasteiger partial charge in [-0.1, -0.05) is 46.4 Å². The molecule has 0 aromatic heterocycles. The second kappa shape index (κ2) is 6.47. The number of anilines is 1. The molecule has 5 nitrogen and oxygen atoms in total. The zero-order valence-corrected chi connectivity index (χ0v) is 13.6. The number of carbonyl (C=O) groups is 1. The van der Waals surface area contributed by atoms with Gasteiger partial charge in [-0.05, 0) is 37.5 Å². The maximum Gasteiger partial charge on any atom is 0.238 e. The number of amides is 1. The Morgan fingerprint density at radius 2 is 2.05 bits per heavy atom. The quantitative estimate of drug-likeness (QED) is 0.336. The fourth-order valence-corrected chi connectivity index (χ4v) is 3.15. The van der Waals surface area contributed by atoms with Gasteiger partial charge in [-0.25, -0.2) is 0 Å². The molecule has 0 unspecified atom stereocenters. The van der Waals surface area contributed by atoms with E-state index >= 15 is 0 Å². The van der Waals surface area contributed by atoms with Crippen LogP contribution in [0.2, 0.25) is 0 Å². The number of hydrogen-bond acceptors (Lipinski definition) is 3. The molecule has 0 heterocycles. The van der Waals surface area contributed by atoms with Gasteiger partial charge in [-0.15, -0.1) is 0 Å². The summed E-state index contributed by atoms with van der Waals surface area (Å²) in [5.41, 5.74) is 6.72. The van der Waals surface area contributed by atoms with E-state index in [1.807, 2.05) is 25.1 Å². The van der Waals surface area contributed by atoms with E-state index < -0.39 is 5.41 Å². The first-order valence-electron chi connectivity index (χ1n) is 7.05. The van der Waals surface area contributed by atoms with Crippen LogP contribution in [0.25, 0.3) is 0 Å². The highest BCUT2D eigenvalue weighted by atomic mass is 79.9. The van der Waals surface area contributed by atoms with E-state index in [4.69, 9.17) is 10.9 Å². The minimum Gasteiger partial charge on any atom is -0.409 e. The highest BCUT2D eigenvalue weighted by Crippen LogP contribution is 2.38. The molecule has 114 valence electrons. The fraction of sp³-hybridized carbons (Fsp3) is 0.467. The van der Waals surface area contributed by atoms with Gasteiger partial charge >= 0.3 is 0 Å². The number of hydrogen-bond donors (Lipinski definition) is 3. The van der Waals surface area contributed by atoms with Gasteiger partial charge in [0.2, 0.25) is 5.91 Å². The lowest BCUT2D eigenvalue weighted by molar-refractivity contribution is -0.123. The molecule has 1 aromatic carbocycles. The molecule has 6 heteroatoms. The van der Waals surface area contributed by atoms with Crippen molar-refractivity contribution in [3.63, 3.8) is 0 Å². The fourth-order valence-electron chi connectivity index (χ4n) is 2.77. The smallest absolute Gasteiger partial charge is 0.238 e. The van der Waals surface area contributed by atoms with Crippen molar-refractivity contribution in [3.05, 3.63) is 28.2 Å². The Bertz CT molecular complexity index is 566. The van der Waals surface area contributed by atoms with Gasteiger partial charge in [0.05, 0.1) is 0 Å². The molecule has 0 radical (unpaired) electrons. The Balaban J connectivity index is 2.24. The van der Waals surface area contributed by atoms with Crippen molar-refractivity contribution >= 4 is 33.4 Å². The number of oxime groups is 1. The van der Waals surface area contributed by atoms with Gasteiger partial charge in [0.15, 0.2) is 5.84 Å². The number of nitrogens with two attached hydrogens (primary N) is 1. The second-order valence-electron chi connectivity index (χ2n) is 5.55. The maximum atomic E-state index is 12.7. The van der Waals surface area contributed by atoms with Crippen molar-refractivity contribution in [2.75, 3.05) is 5.32 Å². The van der Waals surface area contributed by atoms with Crippen molar-refractivity contribution in [2.24, 2.45) is 16.3 Å². The van der Waals surface area contributed by atoms with Crippen LogP contribution in [0.15, 0.2) is 27.8 Å². The lowest BCUT2D eigenvalue weighted by atomic mass is 9.72. The molecule has 0 atom stereocenters. The molecule has 1 fully saturated rings. The molecular weight excluding hydrogens is 334 g/mol. The predicted molar refractivity (Wildman–Crippen MR) is 86.4 cm³/mol. The van der Waals surface area contributed by atoms with E-state index in [0.29, 0.717) is 18.5 Å². The van der Waals surface area contributed by atoms with Crippen LogP contribution >= 0.6 is 15.9 Å². The van der Waals surface area contributed by atoms with Gasteiger partial charge < -0.3 is 16.3 Å². The van der Waals surface area contributed by atoms with Gasteiger partial charge in [0, 0.05) is 10.2 Å². The highest BCUT2D eigenvalue weighted by molar-refractivity contribution is 9.10. The number of carbonyl (C=O) groups excluding carboxylic acids is 1. The highest BCUT2D eigenvalue weighted by Gasteiger charge is 2.43. The zero-order chi connectivity index (χ0) is 15.5. The first-order valence-corrected chi connectivity index (χ1v) is 7.84. The molecule has 1 aliphatic carbocycles. The van der Waals surface area contributed by atoms with Crippen LogP contribution in [0.3, 0.4) is 0 Å². The third-order valence-electron chi connectivity index (χ3n) is 4.17. The van der Waals surface area contributed by atoms with Crippen LogP contribution in [-0.4, -0.2) is 17.0 Å². The van der Waals surface area contributed by atoms with Crippen LogP contribution in [0.5, 0.6) is 0 Å². The number of halogens is 1. The normalized spacial score (nSPS) is 18.3. The van der Waals surface area contributed by atoms with Crippen molar-refractivity contribution in [2.45, 2.75) is 39.0 Å². The van der Waals surface area contributed by atoms with Gasteiger partial charge in [-0.3, -0.25) is 4.79 Å². The average molecular weight is 354 g/mol. The maximum absolute atomic E-state index is 12.7. The molecule has 2 rings (SSSR count). The molecule has 1 amide bonds. The molecule has 21 heavy (non-hydrogen) atoms. The van der Waals surface area contributed by atoms with Crippen molar-refractivity contribution < 1.29 is 10.0 Å². The number of rotatable bonds is 3. The summed E-state index contributed by atoms with van der Waals surface area (Å²) in [5, 5.41) is 15.0. The van der Waals surface area contributed by atoms with E-state index in [-0.39, 0.29) is 11.7 Å². The Labute approximate surface area is 132 Å². The Morgan fingerprint density at radius 3 is 2.62 bits per heavy atom. The van der Waals surface area contributed by atoms with Crippen LogP contribution in [0.1, 0.15) is 37.7 Å². The monoisotopic (exact) mass is 353 g/mol. The van der Waals surface area contributed by atoms with Crippen molar-refractivity contribution in [1.29, 1.82) is 0 Å². The lowest BCUT2D eigenvalue weighted by Gasteiger charge is -2.34.